The average Bonchev–Trinajstić information content (AvgIpc) is 3.62. The number of methoxy groups -OCH3 is 1. The Bertz CT molecular complexity index is 691. The Balaban J connectivity index is 1.74. The molecule has 0 N–H and O–H groups in total. The zero-order valence-corrected chi connectivity index (χ0v) is 15.7. The zero-order chi connectivity index (χ0) is 20.1. The monoisotopic (exact) mass is 394 g/mol. The van der Waals surface area contributed by atoms with Crippen LogP contribution < -0.4 is 0 Å². The minimum atomic E-state index is -0.691. The summed E-state index contributed by atoms with van der Waals surface area (Å²) >= 11 is 0. The third-order valence-electron chi connectivity index (χ3n) is 4.10. The number of epoxide rings is 2. The van der Waals surface area contributed by atoms with Gasteiger partial charge >= 0.3 is 17.9 Å². The standard InChI is InChI=1S/C19H22O9/c1-11(23-2)6-26-17(20)12-3-13(18(21)27-9-15-7-24-15)5-14(4-12)19(22)28-10-16-8-25-16/h3-5,11,15-16H,6-10H2,1-2H3. The molecular weight excluding hydrogens is 372 g/mol. The minimum Gasteiger partial charge on any atom is -0.459 e. The van der Waals surface area contributed by atoms with Crippen LogP contribution in [0.1, 0.15) is 38.0 Å². The molecule has 3 unspecified atom stereocenters. The molecule has 0 aromatic heterocycles. The number of hydrogen-bond donors (Lipinski definition) is 0. The largest absolute Gasteiger partial charge is 0.459 e. The molecule has 0 aliphatic carbocycles. The zero-order valence-electron chi connectivity index (χ0n) is 15.7. The summed E-state index contributed by atoms with van der Waals surface area (Å²) in [4.78, 5) is 36.9. The van der Waals surface area contributed by atoms with Crippen molar-refractivity contribution in [2.45, 2.75) is 25.2 Å². The van der Waals surface area contributed by atoms with Gasteiger partial charge in [-0.25, -0.2) is 14.4 Å². The maximum Gasteiger partial charge on any atom is 0.338 e. The van der Waals surface area contributed by atoms with Crippen LogP contribution >= 0.6 is 0 Å². The summed E-state index contributed by atoms with van der Waals surface area (Å²) in [6.07, 6.45) is -0.496. The van der Waals surface area contributed by atoms with Gasteiger partial charge in [-0.05, 0) is 25.1 Å². The van der Waals surface area contributed by atoms with E-state index < -0.39 is 17.9 Å². The Morgan fingerprint density at radius 3 is 1.64 bits per heavy atom. The summed E-state index contributed by atoms with van der Waals surface area (Å²) in [6, 6.07) is 3.95. The van der Waals surface area contributed by atoms with E-state index in [0.29, 0.717) is 13.2 Å². The van der Waals surface area contributed by atoms with Gasteiger partial charge in [0.15, 0.2) is 0 Å². The normalized spacial score (nSPS) is 20.8. The van der Waals surface area contributed by atoms with E-state index in [1.54, 1.807) is 6.92 Å². The Morgan fingerprint density at radius 1 is 0.893 bits per heavy atom. The first-order valence-electron chi connectivity index (χ1n) is 8.88. The van der Waals surface area contributed by atoms with E-state index in [2.05, 4.69) is 0 Å². The average molecular weight is 394 g/mol. The smallest absolute Gasteiger partial charge is 0.338 e. The van der Waals surface area contributed by atoms with Gasteiger partial charge in [0.05, 0.1) is 36.0 Å². The van der Waals surface area contributed by atoms with Gasteiger partial charge in [-0.3, -0.25) is 0 Å². The first kappa shape index (κ1) is 20.2. The van der Waals surface area contributed by atoms with Crippen molar-refractivity contribution in [1.29, 1.82) is 0 Å². The van der Waals surface area contributed by atoms with Gasteiger partial charge in [-0.2, -0.15) is 0 Å². The molecule has 2 aliphatic rings. The number of ether oxygens (including phenoxy) is 6. The van der Waals surface area contributed by atoms with Crippen molar-refractivity contribution in [3.63, 3.8) is 0 Å². The fourth-order valence-corrected chi connectivity index (χ4v) is 2.16. The van der Waals surface area contributed by atoms with Gasteiger partial charge < -0.3 is 28.4 Å². The number of esters is 3. The molecule has 1 aromatic rings. The molecule has 0 saturated carbocycles. The van der Waals surface area contributed by atoms with E-state index in [4.69, 9.17) is 28.4 Å². The first-order chi connectivity index (χ1) is 13.5. The minimum absolute atomic E-state index is 0.0296. The molecule has 28 heavy (non-hydrogen) atoms. The lowest BCUT2D eigenvalue weighted by Crippen LogP contribution is -2.19. The molecule has 3 rings (SSSR count). The highest BCUT2D eigenvalue weighted by Gasteiger charge is 2.27. The summed E-state index contributed by atoms with van der Waals surface area (Å²) in [5.41, 5.74) is 0.129. The quantitative estimate of drug-likeness (QED) is 0.326. The molecule has 0 radical (unpaired) electrons. The van der Waals surface area contributed by atoms with Gasteiger partial charge in [-0.15, -0.1) is 0 Å². The number of carbonyl (C=O) groups is 3. The van der Waals surface area contributed by atoms with Crippen LogP contribution in [0.2, 0.25) is 0 Å². The third kappa shape index (κ3) is 6.01. The molecule has 2 fully saturated rings. The van der Waals surface area contributed by atoms with Crippen molar-refractivity contribution in [3.05, 3.63) is 34.9 Å². The highest BCUT2D eigenvalue weighted by molar-refractivity contribution is 6.00. The Labute approximate surface area is 161 Å². The highest BCUT2D eigenvalue weighted by atomic mass is 16.6. The SMILES string of the molecule is COC(C)COC(=O)c1cc(C(=O)OCC2CO2)cc(C(=O)OCC2CO2)c1. The Kier molecular flexibility index (Phi) is 6.61. The fourth-order valence-electron chi connectivity index (χ4n) is 2.16. The molecule has 2 saturated heterocycles. The van der Waals surface area contributed by atoms with Crippen LogP contribution in [0.25, 0.3) is 0 Å². The van der Waals surface area contributed by atoms with Crippen molar-refractivity contribution < 1.29 is 42.8 Å². The van der Waals surface area contributed by atoms with E-state index in [1.165, 1.54) is 25.3 Å². The highest BCUT2D eigenvalue weighted by Crippen LogP contribution is 2.17. The maximum absolute atomic E-state index is 12.3. The van der Waals surface area contributed by atoms with E-state index in [0.717, 1.165) is 0 Å². The molecule has 1 aromatic carbocycles. The van der Waals surface area contributed by atoms with E-state index in [1.807, 2.05) is 0 Å². The third-order valence-corrected chi connectivity index (χ3v) is 4.10. The van der Waals surface area contributed by atoms with Gasteiger partial charge in [0.25, 0.3) is 0 Å². The summed E-state index contributed by atoms with van der Waals surface area (Å²) < 4.78 is 30.5. The van der Waals surface area contributed by atoms with Gasteiger partial charge in [0, 0.05) is 7.11 Å². The Morgan fingerprint density at radius 2 is 1.29 bits per heavy atom. The van der Waals surface area contributed by atoms with E-state index in [9.17, 15) is 14.4 Å². The molecular formula is C19H22O9. The number of benzene rings is 1. The second-order valence-corrected chi connectivity index (χ2v) is 6.55. The van der Waals surface area contributed by atoms with Crippen molar-refractivity contribution in [1.82, 2.24) is 0 Å². The predicted octanol–water partition coefficient (Wildman–Crippen LogP) is 0.989. The first-order valence-corrected chi connectivity index (χ1v) is 8.88. The van der Waals surface area contributed by atoms with Crippen molar-refractivity contribution in [2.75, 3.05) is 40.1 Å². The molecule has 9 nitrogen and oxygen atoms in total. The van der Waals surface area contributed by atoms with Crippen LogP contribution in [0, 0.1) is 0 Å². The van der Waals surface area contributed by atoms with Crippen LogP contribution in [-0.4, -0.2) is 76.4 Å². The summed E-state index contributed by atoms with van der Waals surface area (Å²) in [5, 5.41) is 0. The fraction of sp³-hybridized carbons (Fsp3) is 0.526. The van der Waals surface area contributed by atoms with Gasteiger partial charge in [0.2, 0.25) is 0 Å². The molecule has 3 atom stereocenters. The maximum atomic E-state index is 12.3. The van der Waals surface area contributed by atoms with E-state index in [-0.39, 0.29) is 54.8 Å². The van der Waals surface area contributed by atoms with Gasteiger partial charge in [0.1, 0.15) is 32.0 Å². The molecule has 0 bridgehead atoms. The molecule has 0 spiro atoms. The molecule has 152 valence electrons. The van der Waals surface area contributed by atoms with Gasteiger partial charge in [-0.1, -0.05) is 0 Å². The second-order valence-electron chi connectivity index (χ2n) is 6.55. The van der Waals surface area contributed by atoms with E-state index >= 15 is 0 Å². The molecule has 0 amide bonds. The van der Waals surface area contributed by atoms with Crippen molar-refractivity contribution >= 4 is 17.9 Å². The molecule has 9 heteroatoms. The van der Waals surface area contributed by atoms with Crippen LogP contribution in [0.15, 0.2) is 18.2 Å². The number of hydrogen-bond acceptors (Lipinski definition) is 9. The summed E-state index contributed by atoms with van der Waals surface area (Å²) in [6.45, 7) is 3.07. The summed E-state index contributed by atoms with van der Waals surface area (Å²) in [7, 11) is 1.50. The second kappa shape index (κ2) is 9.13. The van der Waals surface area contributed by atoms with Crippen LogP contribution in [0.3, 0.4) is 0 Å². The summed E-state index contributed by atoms with van der Waals surface area (Å²) in [5.74, 6) is -2.03. The lowest BCUT2D eigenvalue weighted by atomic mass is 10.1. The topological polar surface area (TPSA) is 113 Å². The van der Waals surface area contributed by atoms with Crippen molar-refractivity contribution in [2.24, 2.45) is 0 Å². The van der Waals surface area contributed by atoms with Crippen LogP contribution in [-0.2, 0) is 28.4 Å². The Hall–Kier alpha value is -2.49. The number of carbonyl (C=O) groups excluding carboxylic acids is 3. The van der Waals surface area contributed by atoms with Crippen LogP contribution in [0.5, 0.6) is 0 Å². The molecule has 2 aliphatic heterocycles. The van der Waals surface area contributed by atoms with Crippen LogP contribution in [0.4, 0.5) is 0 Å². The number of rotatable bonds is 10. The lowest BCUT2D eigenvalue weighted by Gasteiger charge is -2.12. The predicted molar refractivity (Wildman–Crippen MR) is 93.2 cm³/mol. The van der Waals surface area contributed by atoms with Crippen molar-refractivity contribution in [3.8, 4) is 0 Å². The lowest BCUT2D eigenvalue weighted by molar-refractivity contribution is 0.0169. The molecule has 2 heterocycles.